The van der Waals surface area contributed by atoms with Gasteiger partial charge >= 0.3 is 0 Å². The van der Waals surface area contributed by atoms with E-state index in [0.29, 0.717) is 22.7 Å². The van der Waals surface area contributed by atoms with Gasteiger partial charge in [0.15, 0.2) is 0 Å². The van der Waals surface area contributed by atoms with E-state index in [2.05, 4.69) is 0 Å². The molecule has 0 amide bonds. The lowest BCUT2D eigenvalue weighted by atomic mass is 10.0. The van der Waals surface area contributed by atoms with Crippen molar-refractivity contribution in [3.63, 3.8) is 0 Å². The Kier molecular flexibility index (Phi) is 4.36. The van der Waals surface area contributed by atoms with Crippen LogP contribution in [0.25, 0.3) is 11.1 Å². The first-order valence-electron chi connectivity index (χ1n) is 5.09. The predicted octanol–water partition coefficient (Wildman–Crippen LogP) is 1.70. The van der Waals surface area contributed by atoms with Gasteiger partial charge in [0, 0.05) is 11.3 Å². The molecule has 0 spiro atoms. The van der Waals surface area contributed by atoms with E-state index < -0.39 is 0 Å². The third-order valence-electron chi connectivity index (χ3n) is 2.54. The van der Waals surface area contributed by atoms with Gasteiger partial charge in [-0.1, -0.05) is 18.2 Å². The quantitative estimate of drug-likeness (QED) is 0.257. The summed E-state index contributed by atoms with van der Waals surface area (Å²) in [5.74, 6) is 0. The van der Waals surface area contributed by atoms with E-state index in [9.17, 15) is 0 Å². The molecular formula is C12H16N4O2. The lowest BCUT2D eigenvalue weighted by Gasteiger charge is -2.10. The average Bonchev–Trinajstić information content (AvgIpc) is 2.40. The van der Waals surface area contributed by atoms with Crippen molar-refractivity contribution in [3.8, 4) is 11.1 Å². The van der Waals surface area contributed by atoms with E-state index in [0.717, 1.165) is 11.1 Å². The number of hydrogen-bond donors (Lipinski definition) is 6. The Morgan fingerprint density at radius 1 is 0.667 bits per heavy atom. The van der Waals surface area contributed by atoms with Crippen molar-refractivity contribution in [1.29, 1.82) is 0 Å². The molecule has 0 unspecified atom stereocenters. The molecule has 2 rings (SSSR count). The molecule has 2 aromatic rings. The largest absolute Gasteiger partial charge is 0.399 e. The van der Waals surface area contributed by atoms with Crippen molar-refractivity contribution < 1.29 is 10.5 Å². The summed E-state index contributed by atoms with van der Waals surface area (Å²) in [6.07, 6.45) is 0. The molecule has 96 valence electrons. The lowest BCUT2D eigenvalue weighted by molar-refractivity contribution is -0.176. The molecule has 0 fully saturated rings. The molecule has 0 aliphatic heterocycles. The van der Waals surface area contributed by atoms with E-state index in [4.69, 9.17) is 33.4 Å². The highest BCUT2D eigenvalue weighted by Gasteiger charge is 2.07. The highest BCUT2D eigenvalue weighted by Crippen LogP contribution is 2.33. The molecule has 10 N–H and O–H groups in total. The molecule has 2 aromatic carbocycles. The van der Waals surface area contributed by atoms with Crippen molar-refractivity contribution in [3.05, 3.63) is 36.4 Å². The maximum absolute atomic E-state index is 6.00. The van der Waals surface area contributed by atoms with E-state index in [1.54, 1.807) is 6.07 Å². The molecule has 0 atom stereocenters. The fourth-order valence-electron chi connectivity index (χ4n) is 1.57. The van der Waals surface area contributed by atoms with Gasteiger partial charge in [-0.05, 0) is 23.8 Å². The van der Waals surface area contributed by atoms with Gasteiger partial charge in [0.25, 0.3) is 0 Å². The number of hydrogen-bond acceptors (Lipinski definition) is 6. The second kappa shape index (κ2) is 5.76. The van der Waals surface area contributed by atoms with Crippen LogP contribution in [0, 0.1) is 0 Å². The first kappa shape index (κ1) is 13.6. The molecular weight excluding hydrogens is 232 g/mol. The Bertz CT molecular complexity index is 526. The van der Waals surface area contributed by atoms with E-state index in [-0.39, 0.29) is 0 Å². The smallest absolute Gasteiger partial charge is 0.0787 e. The zero-order chi connectivity index (χ0) is 13.7. The van der Waals surface area contributed by atoms with Crippen LogP contribution in [0.2, 0.25) is 0 Å². The summed E-state index contributed by atoms with van der Waals surface area (Å²) < 4.78 is 0. The van der Waals surface area contributed by atoms with Crippen LogP contribution in [0.5, 0.6) is 0 Å². The molecule has 0 saturated heterocycles. The summed E-state index contributed by atoms with van der Waals surface area (Å²) in [6.45, 7) is 0. The Morgan fingerprint density at radius 3 is 1.78 bits per heavy atom. The molecule has 0 radical (unpaired) electrons. The normalized spacial score (nSPS) is 9.44. The Labute approximate surface area is 104 Å². The molecule has 0 saturated carbocycles. The zero-order valence-corrected chi connectivity index (χ0v) is 9.67. The average molecular weight is 248 g/mol. The summed E-state index contributed by atoms with van der Waals surface area (Å²) in [7, 11) is 0. The van der Waals surface area contributed by atoms with Crippen molar-refractivity contribution in [2.24, 2.45) is 0 Å². The topological polar surface area (TPSA) is 145 Å². The number of rotatable bonds is 1. The van der Waals surface area contributed by atoms with Gasteiger partial charge in [0.2, 0.25) is 0 Å². The van der Waals surface area contributed by atoms with Crippen molar-refractivity contribution in [2.45, 2.75) is 0 Å². The van der Waals surface area contributed by atoms with Gasteiger partial charge in [-0.3, -0.25) is 10.5 Å². The van der Waals surface area contributed by atoms with Crippen LogP contribution in [0.1, 0.15) is 0 Å². The molecule has 0 aliphatic carbocycles. The van der Waals surface area contributed by atoms with Crippen molar-refractivity contribution in [2.75, 3.05) is 22.9 Å². The van der Waals surface area contributed by atoms with Crippen LogP contribution < -0.4 is 22.9 Å². The minimum atomic E-state index is 0.425. The summed E-state index contributed by atoms with van der Waals surface area (Å²) in [5.41, 5.74) is 27.0. The molecule has 0 aromatic heterocycles. The van der Waals surface area contributed by atoms with E-state index in [1.807, 2.05) is 30.3 Å². The number of nitrogens with two attached hydrogens (primary N) is 4. The van der Waals surface area contributed by atoms with Crippen LogP contribution in [0.15, 0.2) is 36.4 Å². The summed E-state index contributed by atoms with van der Waals surface area (Å²) in [5, 5.41) is 12.0. The first-order chi connectivity index (χ1) is 8.59. The SMILES string of the molecule is Nc1ccc(-c2ccc(N)c(N)c2N)cc1.OO. The third-order valence-corrected chi connectivity index (χ3v) is 2.54. The Morgan fingerprint density at radius 2 is 1.22 bits per heavy atom. The second-order valence-corrected chi connectivity index (χ2v) is 3.65. The fourth-order valence-corrected chi connectivity index (χ4v) is 1.57. The zero-order valence-electron chi connectivity index (χ0n) is 9.67. The van der Waals surface area contributed by atoms with Crippen molar-refractivity contribution >= 4 is 22.7 Å². The monoisotopic (exact) mass is 248 g/mol. The van der Waals surface area contributed by atoms with Crippen molar-refractivity contribution in [1.82, 2.24) is 0 Å². The van der Waals surface area contributed by atoms with E-state index in [1.165, 1.54) is 0 Å². The van der Waals surface area contributed by atoms with Gasteiger partial charge < -0.3 is 22.9 Å². The second-order valence-electron chi connectivity index (χ2n) is 3.65. The molecule has 18 heavy (non-hydrogen) atoms. The number of nitrogen functional groups attached to an aromatic ring is 4. The third kappa shape index (κ3) is 2.62. The van der Waals surface area contributed by atoms with Crippen LogP contribution in [-0.4, -0.2) is 10.5 Å². The Balaban J connectivity index is 0.000000771. The minimum absolute atomic E-state index is 0.425. The molecule has 0 heterocycles. The standard InChI is InChI=1S/C12H14N4.H2O2/c13-8-3-1-7(2-4-8)9-5-6-10(14)12(16)11(9)15;1-2/h1-6H,13-16H2;1-2H. The highest BCUT2D eigenvalue weighted by atomic mass is 17.0. The maximum Gasteiger partial charge on any atom is 0.0787 e. The van der Waals surface area contributed by atoms with Gasteiger partial charge in [-0.15, -0.1) is 0 Å². The predicted molar refractivity (Wildman–Crippen MR) is 74.8 cm³/mol. The summed E-state index contributed by atoms with van der Waals surface area (Å²) in [4.78, 5) is 0. The first-order valence-corrected chi connectivity index (χ1v) is 5.09. The summed E-state index contributed by atoms with van der Waals surface area (Å²) >= 11 is 0. The molecule has 6 heteroatoms. The molecule has 0 aliphatic rings. The van der Waals surface area contributed by atoms with Crippen LogP contribution in [-0.2, 0) is 0 Å². The fraction of sp³-hybridized carbons (Fsp3) is 0. The maximum atomic E-state index is 6.00. The van der Waals surface area contributed by atoms with Gasteiger partial charge in [0.05, 0.1) is 17.1 Å². The molecule has 0 bridgehead atoms. The lowest BCUT2D eigenvalue weighted by Crippen LogP contribution is -2.01. The highest BCUT2D eigenvalue weighted by molar-refractivity contribution is 5.90. The van der Waals surface area contributed by atoms with Crippen LogP contribution in [0.4, 0.5) is 22.7 Å². The van der Waals surface area contributed by atoms with Gasteiger partial charge in [0.1, 0.15) is 0 Å². The minimum Gasteiger partial charge on any atom is -0.399 e. The molecule has 6 nitrogen and oxygen atoms in total. The van der Waals surface area contributed by atoms with Crippen LogP contribution in [0.3, 0.4) is 0 Å². The Hall–Kier alpha value is -2.44. The number of benzene rings is 2. The van der Waals surface area contributed by atoms with E-state index >= 15 is 0 Å². The number of anilines is 4. The van der Waals surface area contributed by atoms with Crippen LogP contribution >= 0.6 is 0 Å². The van der Waals surface area contributed by atoms with Gasteiger partial charge in [-0.25, -0.2) is 0 Å². The summed E-state index contributed by atoms with van der Waals surface area (Å²) in [6, 6.07) is 11.0. The van der Waals surface area contributed by atoms with Gasteiger partial charge in [-0.2, -0.15) is 0 Å².